The van der Waals surface area contributed by atoms with E-state index in [-0.39, 0.29) is 11.7 Å². The van der Waals surface area contributed by atoms with Crippen LogP contribution in [0.2, 0.25) is 0 Å². The van der Waals surface area contributed by atoms with Gasteiger partial charge in [-0.2, -0.15) is 0 Å². The summed E-state index contributed by atoms with van der Waals surface area (Å²) in [6.07, 6.45) is 1.05. The van der Waals surface area contributed by atoms with E-state index < -0.39 is 11.4 Å². The van der Waals surface area contributed by atoms with Crippen molar-refractivity contribution >= 4 is 27.8 Å². The molecule has 1 atom stereocenters. The average Bonchev–Trinajstić information content (AvgIpc) is 3.02. The molecular formula is C20H15BrFNO3. The zero-order valence-corrected chi connectivity index (χ0v) is 15.5. The Labute approximate surface area is 158 Å². The number of hydrogen-bond donors (Lipinski definition) is 1. The SMILES string of the molecule is COC(=O)C1=C2NC(=O)c3ccc(Br)cc3C2(c2ccc(F)cc2)CC1. The molecular weight excluding hydrogens is 401 g/mol. The molecule has 1 unspecified atom stereocenters. The molecule has 132 valence electrons. The van der Waals surface area contributed by atoms with Gasteiger partial charge in [-0.25, -0.2) is 9.18 Å². The van der Waals surface area contributed by atoms with E-state index in [1.165, 1.54) is 19.2 Å². The number of rotatable bonds is 2. The molecule has 2 aromatic rings. The van der Waals surface area contributed by atoms with Crippen LogP contribution >= 0.6 is 15.9 Å². The maximum absolute atomic E-state index is 13.5. The van der Waals surface area contributed by atoms with Crippen molar-refractivity contribution in [3.05, 3.63) is 80.7 Å². The van der Waals surface area contributed by atoms with Crippen LogP contribution in [0.25, 0.3) is 0 Å². The van der Waals surface area contributed by atoms with Crippen LogP contribution in [0.4, 0.5) is 4.39 Å². The number of carbonyl (C=O) groups excluding carboxylic acids is 2. The van der Waals surface area contributed by atoms with E-state index in [1.54, 1.807) is 18.2 Å². The van der Waals surface area contributed by atoms with Gasteiger partial charge in [0.1, 0.15) is 5.82 Å². The molecule has 4 rings (SSSR count). The Hall–Kier alpha value is -2.47. The number of esters is 1. The minimum atomic E-state index is -0.718. The van der Waals surface area contributed by atoms with Gasteiger partial charge in [0.15, 0.2) is 0 Å². The molecule has 0 fully saturated rings. The Bertz CT molecular complexity index is 968. The molecule has 0 radical (unpaired) electrons. The minimum Gasteiger partial charge on any atom is -0.466 e. The summed E-state index contributed by atoms with van der Waals surface area (Å²) in [5.41, 5.74) is 2.45. The van der Waals surface area contributed by atoms with Crippen molar-refractivity contribution in [1.82, 2.24) is 5.32 Å². The molecule has 6 heteroatoms. The van der Waals surface area contributed by atoms with Crippen LogP contribution in [0.3, 0.4) is 0 Å². The summed E-state index contributed by atoms with van der Waals surface area (Å²) in [4.78, 5) is 24.9. The number of benzene rings is 2. The average molecular weight is 416 g/mol. The van der Waals surface area contributed by atoms with Gasteiger partial charge >= 0.3 is 5.97 Å². The van der Waals surface area contributed by atoms with Crippen LogP contribution in [0, 0.1) is 5.82 Å². The van der Waals surface area contributed by atoms with Crippen molar-refractivity contribution in [2.24, 2.45) is 0 Å². The van der Waals surface area contributed by atoms with Crippen LogP contribution in [-0.4, -0.2) is 19.0 Å². The standard InChI is InChI=1S/C20H15BrFNO3/c1-26-19(25)15-8-9-20(11-2-5-13(22)6-3-11)16-10-12(21)4-7-14(16)18(24)23-17(15)20/h2-7,10H,8-9H2,1H3,(H,23,24). The molecule has 26 heavy (non-hydrogen) atoms. The highest BCUT2D eigenvalue weighted by Crippen LogP contribution is 2.52. The summed E-state index contributed by atoms with van der Waals surface area (Å²) >= 11 is 3.47. The van der Waals surface area contributed by atoms with E-state index in [0.717, 1.165) is 15.6 Å². The highest BCUT2D eigenvalue weighted by molar-refractivity contribution is 9.10. The van der Waals surface area contributed by atoms with Gasteiger partial charge in [-0.15, -0.1) is 0 Å². The summed E-state index contributed by atoms with van der Waals surface area (Å²) in [5, 5.41) is 2.90. The third kappa shape index (κ3) is 2.32. The number of ether oxygens (including phenoxy) is 1. The first-order chi connectivity index (χ1) is 12.5. The normalized spacial score (nSPS) is 21.1. The van der Waals surface area contributed by atoms with Crippen LogP contribution in [0.5, 0.6) is 0 Å². The summed E-state index contributed by atoms with van der Waals surface area (Å²) in [5.74, 6) is -1.05. The third-order valence-corrected chi connectivity index (χ3v) is 5.67. The Morgan fingerprint density at radius 2 is 1.96 bits per heavy atom. The Morgan fingerprint density at radius 1 is 1.23 bits per heavy atom. The second-order valence-corrected chi connectivity index (χ2v) is 7.32. The van der Waals surface area contributed by atoms with Crippen molar-refractivity contribution in [3.63, 3.8) is 0 Å². The van der Waals surface area contributed by atoms with E-state index in [2.05, 4.69) is 21.2 Å². The van der Waals surface area contributed by atoms with Gasteiger partial charge in [0.2, 0.25) is 0 Å². The molecule has 4 nitrogen and oxygen atoms in total. The van der Waals surface area contributed by atoms with Gasteiger partial charge < -0.3 is 10.1 Å². The second kappa shape index (κ2) is 6.06. The van der Waals surface area contributed by atoms with Crippen molar-refractivity contribution in [2.45, 2.75) is 18.3 Å². The predicted molar refractivity (Wildman–Crippen MR) is 97.1 cm³/mol. The second-order valence-electron chi connectivity index (χ2n) is 6.40. The monoisotopic (exact) mass is 415 g/mol. The molecule has 1 aliphatic carbocycles. The summed E-state index contributed by atoms with van der Waals surface area (Å²) in [6, 6.07) is 11.7. The van der Waals surface area contributed by atoms with Gasteiger partial charge in [0.05, 0.1) is 18.1 Å². The molecule has 0 bridgehead atoms. The van der Waals surface area contributed by atoms with E-state index in [4.69, 9.17) is 4.74 Å². The van der Waals surface area contributed by atoms with E-state index in [1.807, 2.05) is 12.1 Å². The summed E-state index contributed by atoms with van der Waals surface area (Å²) in [6.45, 7) is 0. The van der Waals surface area contributed by atoms with E-state index in [9.17, 15) is 14.0 Å². The van der Waals surface area contributed by atoms with Gasteiger partial charge in [-0.1, -0.05) is 28.1 Å². The quantitative estimate of drug-likeness (QED) is 0.758. The molecule has 2 aromatic carbocycles. The number of halogens is 2. The van der Waals surface area contributed by atoms with Crippen molar-refractivity contribution in [2.75, 3.05) is 7.11 Å². The highest BCUT2D eigenvalue weighted by atomic mass is 79.9. The molecule has 2 aliphatic rings. The molecule has 1 amide bonds. The molecule has 1 N–H and O–H groups in total. The molecule has 1 heterocycles. The smallest absolute Gasteiger partial charge is 0.335 e. The molecule has 1 aliphatic heterocycles. The number of methoxy groups -OCH3 is 1. The summed E-state index contributed by atoms with van der Waals surface area (Å²) in [7, 11) is 1.32. The third-order valence-electron chi connectivity index (χ3n) is 5.17. The maximum Gasteiger partial charge on any atom is 0.335 e. The zero-order valence-electron chi connectivity index (χ0n) is 13.9. The lowest BCUT2D eigenvalue weighted by Gasteiger charge is -2.39. The fourth-order valence-corrected chi connectivity index (χ4v) is 4.39. The van der Waals surface area contributed by atoms with Crippen LogP contribution < -0.4 is 5.32 Å². The number of nitrogens with one attached hydrogen (secondary N) is 1. The van der Waals surface area contributed by atoms with Crippen LogP contribution in [0.15, 0.2) is 58.2 Å². The molecule has 0 saturated heterocycles. The van der Waals surface area contributed by atoms with E-state index in [0.29, 0.717) is 29.7 Å². The molecule has 0 saturated carbocycles. The topological polar surface area (TPSA) is 55.4 Å². The van der Waals surface area contributed by atoms with Gasteiger partial charge in [0.25, 0.3) is 5.91 Å². The number of fused-ring (bicyclic) bond motifs is 3. The first-order valence-electron chi connectivity index (χ1n) is 8.17. The number of allylic oxidation sites excluding steroid dienone is 1. The Kier molecular flexibility index (Phi) is 3.95. The number of amides is 1. The van der Waals surface area contributed by atoms with Crippen LogP contribution in [0.1, 0.15) is 34.3 Å². The van der Waals surface area contributed by atoms with Gasteiger partial charge in [-0.05, 0) is 54.3 Å². The Balaban J connectivity index is 2.06. The fraction of sp³-hybridized carbons (Fsp3) is 0.200. The first kappa shape index (κ1) is 17.0. The van der Waals surface area contributed by atoms with E-state index >= 15 is 0 Å². The van der Waals surface area contributed by atoms with Crippen molar-refractivity contribution in [3.8, 4) is 0 Å². The lowest BCUT2D eigenvalue weighted by Crippen LogP contribution is -2.44. The lowest BCUT2D eigenvalue weighted by molar-refractivity contribution is -0.136. The number of carbonyl (C=O) groups is 2. The predicted octanol–water partition coefficient (Wildman–Crippen LogP) is 3.84. The fourth-order valence-electron chi connectivity index (χ4n) is 4.03. The highest BCUT2D eigenvalue weighted by Gasteiger charge is 2.50. The minimum absolute atomic E-state index is 0.261. The van der Waals surface area contributed by atoms with Gasteiger partial charge in [0, 0.05) is 15.7 Å². The molecule has 0 spiro atoms. The van der Waals surface area contributed by atoms with Gasteiger partial charge in [-0.3, -0.25) is 4.79 Å². The van der Waals surface area contributed by atoms with Crippen molar-refractivity contribution in [1.29, 1.82) is 0 Å². The molecule has 0 aromatic heterocycles. The Morgan fingerprint density at radius 3 is 2.65 bits per heavy atom. The van der Waals surface area contributed by atoms with Crippen LogP contribution in [-0.2, 0) is 14.9 Å². The maximum atomic E-state index is 13.5. The first-order valence-corrected chi connectivity index (χ1v) is 8.96. The number of hydrogen-bond acceptors (Lipinski definition) is 3. The zero-order chi connectivity index (χ0) is 18.5. The summed E-state index contributed by atoms with van der Waals surface area (Å²) < 4.78 is 19.3. The van der Waals surface area contributed by atoms with Crippen molar-refractivity contribution < 1.29 is 18.7 Å². The largest absolute Gasteiger partial charge is 0.466 e. The lowest BCUT2D eigenvalue weighted by atomic mass is 9.68.